The molecule has 7 nitrogen and oxygen atoms in total. The van der Waals surface area contributed by atoms with Crippen molar-refractivity contribution in [2.45, 2.75) is 20.8 Å². The lowest BCUT2D eigenvalue weighted by Crippen LogP contribution is -2.55. The van der Waals surface area contributed by atoms with Crippen molar-refractivity contribution < 1.29 is 19.1 Å². The molecule has 2 aromatic carbocycles. The Morgan fingerprint density at radius 1 is 1.00 bits per heavy atom. The largest absolute Gasteiger partial charge is 0.484 e. The highest BCUT2D eigenvalue weighted by molar-refractivity contribution is 7.80. The van der Waals surface area contributed by atoms with Gasteiger partial charge in [-0.3, -0.25) is 24.2 Å². The summed E-state index contributed by atoms with van der Waals surface area (Å²) in [5.41, 5.74) is 2.44. The van der Waals surface area contributed by atoms with Gasteiger partial charge < -0.3 is 10.1 Å². The van der Waals surface area contributed by atoms with Gasteiger partial charge >= 0.3 is 0 Å². The number of aryl methyl sites for hydroxylation is 1. The maximum absolute atomic E-state index is 12.7. The van der Waals surface area contributed by atoms with Crippen LogP contribution in [0, 0.1) is 6.92 Å². The number of likely N-dealkylation sites (N-methyl/N-ethyl adjacent to an activating group) is 2. The second kappa shape index (κ2) is 10.2. The standard InChI is InChI=1S/C24H25N3O4S/c1-4-26-22(29)19(23(30)27(5-2)24(26)32)14-17-10-12-18(13-11-17)31-15-21(28)25-20-9-7-6-8-16(20)3/h6-14H,4-5,15H2,1-3H3,(H,25,28). The number of thiocarbonyl (C=S) groups is 1. The molecule has 1 saturated heterocycles. The van der Waals surface area contributed by atoms with E-state index >= 15 is 0 Å². The Hall–Kier alpha value is -3.52. The van der Waals surface area contributed by atoms with E-state index in [-0.39, 0.29) is 23.2 Å². The van der Waals surface area contributed by atoms with Crippen LogP contribution in [0.4, 0.5) is 5.69 Å². The summed E-state index contributed by atoms with van der Waals surface area (Å²) in [5.74, 6) is -0.570. The van der Waals surface area contributed by atoms with E-state index in [4.69, 9.17) is 17.0 Å². The van der Waals surface area contributed by atoms with Crippen LogP contribution in [0.25, 0.3) is 6.08 Å². The fraction of sp³-hybridized carbons (Fsp3) is 0.250. The number of hydrogen-bond acceptors (Lipinski definition) is 5. The molecule has 3 amide bonds. The Kier molecular flexibility index (Phi) is 7.37. The van der Waals surface area contributed by atoms with Crippen LogP contribution in [-0.4, -0.2) is 52.3 Å². The van der Waals surface area contributed by atoms with Crippen molar-refractivity contribution >= 4 is 46.8 Å². The van der Waals surface area contributed by atoms with Gasteiger partial charge in [0.1, 0.15) is 11.3 Å². The zero-order chi connectivity index (χ0) is 23.3. The number of carbonyl (C=O) groups excluding carboxylic acids is 3. The van der Waals surface area contributed by atoms with E-state index in [2.05, 4.69) is 5.32 Å². The van der Waals surface area contributed by atoms with E-state index in [0.29, 0.717) is 24.4 Å². The number of ether oxygens (including phenoxy) is 1. The Balaban J connectivity index is 1.67. The molecule has 0 saturated carbocycles. The van der Waals surface area contributed by atoms with Gasteiger partial charge in [-0.1, -0.05) is 30.3 Å². The fourth-order valence-corrected chi connectivity index (χ4v) is 3.68. The summed E-state index contributed by atoms with van der Waals surface area (Å²) in [4.78, 5) is 40.4. The van der Waals surface area contributed by atoms with Crippen molar-refractivity contribution in [3.8, 4) is 5.75 Å². The molecule has 1 aliphatic heterocycles. The van der Waals surface area contributed by atoms with Gasteiger partial charge in [0.25, 0.3) is 17.7 Å². The lowest BCUT2D eigenvalue weighted by Gasteiger charge is -2.35. The maximum Gasteiger partial charge on any atom is 0.265 e. The molecule has 0 bridgehead atoms. The zero-order valence-corrected chi connectivity index (χ0v) is 19.1. The summed E-state index contributed by atoms with van der Waals surface area (Å²) in [5, 5.41) is 3.04. The Morgan fingerprint density at radius 3 is 2.16 bits per heavy atom. The van der Waals surface area contributed by atoms with Gasteiger partial charge in [0, 0.05) is 18.8 Å². The third kappa shape index (κ3) is 5.03. The molecule has 0 aliphatic carbocycles. The SMILES string of the molecule is CCN1C(=O)C(=Cc2ccc(OCC(=O)Nc3ccccc3C)cc2)C(=O)N(CC)C1=S. The van der Waals surface area contributed by atoms with Gasteiger partial charge in [-0.05, 0) is 68.4 Å². The predicted octanol–water partition coefficient (Wildman–Crippen LogP) is 3.39. The monoisotopic (exact) mass is 451 g/mol. The normalized spacial score (nSPS) is 14.0. The van der Waals surface area contributed by atoms with Crippen molar-refractivity contribution in [1.29, 1.82) is 0 Å². The number of anilines is 1. The van der Waals surface area contributed by atoms with E-state index in [1.165, 1.54) is 9.80 Å². The van der Waals surface area contributed by atoms with Crippen molar-refractivity contribution in [1.82, 2.24) is 9.80 Å². The number of benzene rings is 2. The number of nitrogens with zero attached hydrogens (tertiary/aromatic N) is 2. The quantitative estimate of drug-likeness (QED) is 0.397. The second-order valence-corrected chi connectivity index (χ2v) is 7.53. The minimum atomic E-state index is -0.402. The number of para-hydroxylation sites is 1. The predicted molar refractivity (Wildman–Crippen MR) is 127 cm³/mol. The number of amides is 3. The number of rotatable bonds is 7. The minimum Gasteiger partial charge on any atom is -0.484 e. The molecule has 1 heterocycles. The van der Waals surface area contributed by atoms with Gasteiger partial charge in [0.15, 0.2) is 11.7 Å². The van der Waals surface area contributed by atoms with Crippen molar-refractivity contribution in [3.63, 3.8) is 0 Å². The third-order valence-electron chi connectivity index (χ3n) is 5.03. The molecule has 32 heavy (non-hydrogen) atoms. The van der Waals surface area contributed by atoms with Crippen molar-refractivity contribution in [3.05, 3.63) is 65.2 Å². The van der Waals surface area contributed by atoms with Crippen LogP contribution in [0.1, 0.15) is 25.0 Å². The Bertz CT molecular complexity index is 1050. The molecular formula is C24H25N3O4S. The molecule has 0 aromatic heterocycles. The first-order valence-electron chi connectivity index (χ1n) is 10.3. The molecule has 0 unspecified atom stereocenters. The number of hydrogen-bond donors (Lipinski definition) is 1. The third-order valence-corrected chi connectivity index (χ3v) is 5.47. The molecule has 0 radical (unpaired) electrons. The molecule has 1 aliphatic rings. The second-order valence-electron chi connectivity index (χ2n) is 7.16. The summed E-state index contributed by atoms with van der Waals surface area (Å²) < 4.78 is 5.55. The molecule has 166 valence electrons. The first kappa shape index (κ1) is 23.1. The molecule has 3 rings (SSSR count). The molecule has 2 aromatic rings. The average molecular weight is 452 g/mol. The lowest BCUT2D eigenvalue weighted by molar-refractivity contribution is -0.133. The Morgan fingerprint density at radius 2 is 1.59 bits per heavy atom. The first-order chi connectivity index (χ1) is 15.3. The maximum atomic E-state index is 12.7. The van der Waals surface area contributed by atoms with E-state index < -0.39 is 11.8 Å². The van der Waals surface area contributed by atoms with Crippen LogP contribution < -0.4 is 10.1 Å². The molecule has 8 heteroatoms. The summed E-state index contributed by atoms with van der Waals surface area (Å²) in [6.07, 6.45) is 1.55. The Labute approximate surface area is 192 Å². The summed E-state index contributed by atoms with van der Waals surface area (Å²) in [6, 6.07) is 14.3. The van der Waals surface area contributed by atoms with E-state index in [9.17, 15) is 14.4 Å². The molecule has 0 atom stereocenters. The van der Waals surface area contributed by atoms with E-state index in [1.807, 2.05) is 45.0 Å². The first-order valence-corrected chi connectivity index (χ1v) is 10.7. The fourth-order valence-electron chi connectivity index (χ4n) is 3.26. The summed E-state index contributed by atoms with van der Waals surface area (Å²) in [7, 11) is 0. The van der Waals surface area contributed by atoms with Crippen molar-refractivity contribution in [2.24, 2.45) is 0 Å². The van der Waals surface area contributed by atoms with Gasteiger partial charge in [-0.2, -0.15) is 0 Å². The highest BCUT2D eigenvalue weighted by atomic mass is 32.1. The molecule has 0 spiro atoms. The van der Waals surface area contributed by atoms with Gasteiger partial charge in [0.2, 0.25) is 0 Å². The van der Waals surface area contributed by atoms with E-state index in [0.717, 1.165) is 11.3 Å². The van der Waals surface area contributed by atoms with Crippen LogP contribution in [0.5, 0.6) is 5.75 Å². The van der Waals surface area contributed by atoms with Crippen LogP contribution in [-0.2, 0) is 14.4 Å². The summed E-state index contributed by atoms with van der Waals surface area (Å²) >= 11 is 5.27. The van der Waals surface area contributed by atoms with Crippen LogP contribution >= 0.6 is 12.2 Å². The highest BCUT2D eigenvalue weighted by Crippen LogP contribution is 2.21. The number of nitrogens with one attached hydrogen (secondary N) is 1. The van der Waals surface area contributed by atoms with Crippen LogP contribution in [0.3, 0.4) is 0 Å². The smallest absolute Gasteiger partial charge is 0.265 e. The lowest BCUT2D eigenvalue weighted by atomic mass is 10.1. The minimum absolute atomic E-state index is 0.0635. The summed E-state index contributed by atoms with van der Waals surface area (Å²) in [6.45, 7) is 6.17. The highest BCUT2D eigenvalue weighted by Gasteiger charge is 2.37. The zero-order valence-electron chi connectivity index (χ0n) is 18.3. The van der Waals surface area contributed by atoms with Crippen LogP contribution in [0.15, 0.2) is 54.1 Å². The molecule has 1 N–H and O–H groups in total. The topological polar surface area (TPSA) is 79.0 Å². The van der Waals surface area contributed by atoms with Gasteiger partial charge in [0.05, 0.1) is 0 Å². The molecular weight excluding hydrogens is 426 g/mol. The molecule has 1 fully saturated rings. The van der Waals surface area contributed by atoms with E-state index in [1.54, 1.807) is 30.3 Å². The van der Waals surface area contributed by atoms with Gasteiger partial charge in [-0.15, -0.1) is 0 Å². The number of carbonyl (C=O) groups is 3. The average Bonchev–Trinajstić information content (AvgIpc) is 2.78. The van der Waals surface area contributed by atoms with Gasteiger partial charge in [-0.25, -0.2) is 0 Å². The van der Waals surface area contributed by atoms with Crippen molar-refractivity contribution in [2.75, 3.05) is 25.0 Å². The van der Waals surface area contributed by atoms with Crippen LogP contribution in [0.2, 0.25) is 0 Å².